The van der Waals surface area contributed by atoms with E-state index in [-0.39, 0.29) is 0 Å². The van der Waals surface area contributed by atoms with Crippen LogP contribution >= 0.6 is 11.3 Å². The van der Waals surface area contributed by atoms with Gasteiger partial charge in [-0.15, -0.1) is 11.3 Å². The van der Waals surface area contributed by atoms with Crippen LogP contribution in [0.25, 0.3) is 12.2 Å². The third-order valence-corrected chi connectivity index (χ3v) is 2.74. The zero-order valence-electron chi connectivity index (χ0n) is 8.33. The van der Waals surface area contributed by atoms with Crippen LogP contribution in [0.1, 0.15) is 20.9 Å². The Labute approximate surface area is 96.7 Å². The topological polar surface area (TPSA) is 50.2 Å². The molecular weight excluding hydrogens is 222 g/mol. The Morgan fingerprint density at radius 2 is 2.25 bits per heavy atom. The summed E-state index contributed by atoms with van der Waals surface area (Å²) in [6.45, 7) is 0. The summed E-state index contributed by atoms with van der Waals surface area (Å²) in [7, 11) is 0. The summed E-state index contributed by atoms with van der Waals surface area (Å²) in [5.41, 5.74) is 1.15. The van der Waals surface area contributed by atoms with E-state index >= 15 is 0 Å². The van der Waals surface area contributed by atoms with Gasteiger partial charge in [0, 0.05) is 11.6 Å². The van der Waals surface area contributed by atoms with Gasteiger partial charge >= 0.3 is 5.97 Å². The van der Waals surface area contributed by atoms with Gasteiger partial charge in [-0.25, -0.2) is 9.78 Å². The Bertz CT molecular complexity index is 518. The van der Waals surface area contributed by atoms with Crippen molar-refractivity contribution in [2.24, 2.45) is 0 Å². The summed E-state index contributed by atoms with van der Waals surface area (Å²) >= 11 is 1.54. The zero-order valence-corrected chi connectivity index (χ0v) is 9.15. The lowest BCUT2D eigenvalue weighted by Gasteiger charge is -1.96. The van der Waals surface area contributed by atoms with Gasteiger partial charge < -0.3 is 5.11 Å². The maximum absolute atomic E-state index is 10.8. The molecule has 1 aromatic heterocycles. The van der Waals surface area contributed by atoms with E-state index < -0.39 is 5.97 Å². The van der Waals surface area contributed by atoms with Gasteiger partial charge in [0.1, 0.15) is 5.01 Å². The third kappa shape index (κ3) is 2.55. The van der Waals surface area contributed by atoms with Crippen molar-refractivity contribution in [3.05, 3.63) is 52.0 Å². The average Bonchev–Trinajstić information content (AvgIpc) is 2.79. The van der Waals surface area contributed by atoms with Gasteiger partial charge in [-0.1, -0.05) is 18.2 Å². The highest BCUT2D eigenvalue weighted by Gasteiger charge is 2.01. The first-order valence-corrected chi connectivity index (χ1v) is 5.54. The fourth-order valence-electron chi connectivity index (χ4n) is 1.26. The van der Waals surface area contributed by atoms with Crippen LogP contribution in [0.4, 0.5) is 0 Å². The normalized spacial score (nSPS) is 10.8. The minimum absolute atomic E-state index is 0.293. The first-order valence-electron chi connectivity index (χ1n) is 4.66. The van der Waals surface area contributed by atoms with Gasteiger partial charge in [-0.3, -0.25) is 0 Å². The van der Waals surface area contributed by atoms with E-state index in [9.17, 15) is 4.79 Å². The van der Waals surface area contributed by atoms with Crippen molar-refractivity contribution in [1.29, 1.82) is 0 Å². The molecule has 0 atom stereocenters. The molecule has 0 radical (unpaired) electrons. The van der Waals surface area contributed by atoms with Gasteiger partial charge in [0.15, 0.2) is 0 Å². The predicted molar refractivity (Wildman–Crippen MR) is 64.4 cm³/mol. The highest BCUT2D eigenvalue weighted by molar-refractivity contribution is 7.10. The largest absolute Gasteiger partial charge is 0.478 e. The molecule has 0 saturated carbocycles. The molecule has 16 heavy (non-hydrogen) atoms. The van der Waals surface area contributed by atoms with Crippen molar-refractivity contribution >= 4 is 29.5 Å². The Kier molecular flexibility index (Phi) is 3.12. The molecule has 4 heteroatoms. The van der Waals surface area contributed by atoms with Gasteiger partial charge in [-0.2, -0.15) is 0 Å². The minimum Gasteiger partial charge on any atom is -0.478 e. The fourth-order valence-corrected chi connectivity index (χ4v) is 1.79. The number of hydrogen-bond donors (Lipinski definition) is 1. The van der Waals surface area contributed by atoms with E-state index in [2.05, 4.69) is 4.98 Å². The Balaban J connectivity index is 2.22. The van der Waals surface area contributed by atoms with Crippen molar-refractivity contribution < 1.29 is 9.90 Å². The SMILES string of the molecule is O=C(O)c1cccc(/C=C/c2nccs2)c1. The highest BCUT2D eigenvalue weighted by Crippen LogP contribution is 2.11. The molecule has 2 aromatic rings. The van der Waals surface area contributed by atoms with E-state index in [4.69, 9.17) is 5.11 Å². The molecule has 1 heterocycles. The van der Waals surface area contributed by atoms with E-state index in [0.29, 0.717) is 5.56 Å². The monoisotopic (exact) mass is 231 g/mol. The van der Waals surface area contributed by atoms with Crippen LogP contribution in [0.2, 0.25) is 0 Å². The predicted octanol–water partition coefficient (Wildman–Crippen LogP) is 3.01. The smallest absolute Gasteiger partial charge is 0.335 e. The lowest BCUT2D eigenvalue weighted by molar-refractivity contribution is 0.0697. The van der Waals surface area contributed by atoms with Crippen LogP contribution < -0.4 is 0 Å². The van der Waals surface area contributed by atoms with Crippen molar-refractivity contribution in [1.82, 2.24) is 4.98 Å². The van der Waals surface area contributed by atoms with Gasteiger partial charge in [-0.05, 0) is 23.8 Å². The Morgan fingerprint density at radius 3 is 2.94 bits per heavy atom. The number of thiazole rings is 1. The molecule has 2 rings (SSSR count). The first-order chi connectivity index (χ1) is 7.75. The van der Waals surface area contributed by atoms with Crippen molar-refractivity contribution in [3.63, 3.8) is 0 Å². The number of carboxylic acid groups (broad SMARTS) is 1. The quantitative estimate of drug-likeness (QED) is 0.883. The zero-order chi connectivity index (χ0) is 11.4. The second-order valence-electron chi connectivity index (χ2n) is 3.13. The number of nitrogens with zero attached hydrogens (tertiary/aromatic N) is 1. The van der Waals surface area contributed by atoms with E-state index in [0.717, 1.165) is 10.6 Å². The molecule has 3 nitrogen and oxygen atoms in total. The molecule has 0 aliphatic heterocycles. The summed E-state index contributed by atoms with van der Waals surface area (Å²) in [5, 5.41) is 11.6. The molecule has 0 spiro atoms. The minimum atomic E-state index is -0.913. The lowest BCUT2D eigenvalue weighted by Crippen LogP contribution is -1.95. The number of carboxylic acids is 1. The first kappa shape index (κ1) is 10.6. The van der Waals surface area contributed by atoms with Crippen molar-refractivity contribution in [2.45, 2.75) is 0 Å². The third-order valence-electron chi connectivity index (χ3n) is 2.00. The van der Waals surface area contributed by atoms with Crippen molar-refractivity contribution in [2.75, 3.05) is 0 Å². The molecule has 1 N–H and O–H groups in total. The summed E-state index contributed by atoms with van der Waals surface area (Å²) < 4.78 is 0. The second kappa shape index (κ2) is 4.72. The van der Waals surface area contributed by atoms with Crippen LogP contribution in [-0.4, -0.2) is 16.1 Å². The fraction of sp³-hybridized carbons (Fsp3) is 0. The molecule has 0 unspecified atom stereocenters. The highest BCUT2D eigenvalue weighted by atomic mass is 32.1. The van der Waals surface area contributed by atoms with Crippen LogP contribution in [0.3, 0.4) is 0 Å². The number of aromatic nitrogens is 1. The molecule has 0 bridgehead atoms. The van der Waals surface area contributed by atoms with Gasteiger partial charge in [0.2, 0.25) is 0 Å². The molecule has 0 amide bonds. The average molecular weight is 231 g/mol. The van der Waals surface area contributed by atoms with Crippen LogP contribution in [0.15, 0.2) is 35.8 Å². The number of benzene rings is 1. The van der Waals surface area contributed by atoms with Crippen LogP contribution in [0.5, 0.6) is 0 Å². The molecule has 0 fully saturated rings. The Hall–Kier alpha value is -1.94. The van der Waals surface area contributed by atoms with Crippen LogP contribution in [-0.2, 0) is 0 Å². The summed E-state index contributed by atoms with van der Waals surface area (Å²) in [4.78, 5) is 14.9. The van der Waals surface area contributed by atoms with E-state index in [1.54, 1.807) is 24.4 Å². The molecule has 80 valence electrons. The second-order valence-corrected chi connectivity index (χ2v) is 4.06. The lowest BCUT2D eigenvalue weighted by atomic mass is 10.1. The van der Waals surface area contributed by atoms with E-state index in [1.807, 2.05) is 23.6 Å². The van der Waals surface area contributed by atoms with Gasteiger partial charge in [0.05, 0.1) is 5.56 Å². The number of carbonyl (C=O) groups is 1. The van der Waals surface area contributed by atoms with E-state index in [1.165, 1.54) is 11.3 Å². The number of aromatic carboxylic acids is 1. The maximum Gasteiger partial charge on any atom is 0.335 e. The molecule has 0 aliphatic rings. The summed E-state index contributed by atoms with van der Waals surface area (Å²) in [6.07, 6.45) is 5.45. The van der Waals surface area contributed by atoms with Gasteiger partial charge in [0.25, 0.3) is 0 Å². The summed E-state index contributed by atoms with van der Waals surface area (Å²) in [6, 6.07) is 6.79. The number of hydrogen-bond acceptors (Lipinski definition) is 3. The standard InChI is InChI=1S/C12H9NO2S/c14-12(15)10-3-1-2-9(8-10)4-5-11-13-6-7-16-11/h1-8H,(H,14,15)/b5-4+. The molecule has 1 aromatic carbocycles. The molecule has 0 aliphatic carbocycles. The maximum atomic E-state index is 10.8. The number of rotatable bonds is 3. The summed E-state index contributed by atoms with van der Waals surface area (Å²) in [5.74, 6) is -0.913. The molecule has 0 saturated heterocycles. The Morgan fingerprint density at radius 1 is 1.38 bits per heavy atom. The molecular formula is C12H9NO2S. The van der Waals surface area contributed by atoms with Crippen molar-refractivity contribution in [3.8, 4) is 0 Å². The van der Waals surface area contributed by atoms with Crippen LogP contribution in [0, 0.1) is 0 Å².